The molecule has 110 valence electrons. The molecule has 0 aromatic heterocycles. The van der Waals surface area contributed by atoms with E-state index in [2.05, 4.69) is 10.6 Å². The molecule has 1 rings (SSSR count). The van der Waals surface area contributed by atoms with Gasteiger partial charge in [0.25, 0.3) is 5.91 Å². The standard InChI is InChI=1S/C13H17F2N3O2/c1-3-16-13(20)18-12(19)7-17-8(2)9-4-5-10(14)11(15)6-9/h4-6,8,17H,3,7H2,1-2H3,(H2,16,18,19,20)/p+1/t8-/m0/s1. The minimum Gasteiger partial charge on any atom is -0.338 e. The highest BCUT2D eigenvalue weighted by Gasteiger charge is 2.14. The van der Waals surface area contributed by atoms with Crippen LogP contribution < -0.4 is 16.0 Å². The van der Waals surface area contributed by atoms with E-state index in [1.807, 2.05) is 0 Å². The van der Waals surface area contributed by atoms with Gasteiger partial charge in [-0.3, -0.25) is 10.1 Å². The minimum atomic E-state index is -0.922. The predicted octanol–water partition coefficient (Wildman–Crippen LogP) is 0.435. The SMILES string of the molecule is CCNC(=O)NC(=O)C[NH2+][C@@H](C)c1ccc(F)c(F)c1. The predicted molar refractivity (Wildman–Crippen MR) is 68.8 cm³/mol. The fourth-order valence-electron chi connectivity index (χ4n) is 1.60. The van der Waals surface area contributed by atoms with Gasteiger partial charge < -0.3 is 10.6 Å². The maximum absolute atomic E-state index is 13.1. The number of carbonyl (C=O) groups is 2. The zero-order valence-electron chi connectivity index (χ0n) is 11.4. The van der Waals surface area contributed by atoms with Crippen LogP contribution in [0.15, 0.2) is 18.2 Å². The monoisotopic (exact) mass is 286 g/mol. The number of hydrogen-bond acceptors (Lipinski definition) is 2. The van der Waals surface area contributed by atoms with Gasteiger partial charge in [-0.05, 0) is 32.0 Å². The van der Waals surface area contributed by atoms with Crippen molar-refractivity contribution in [2.24, 2.45) is 0 Å². The number of hydrogen-bond donors (Lipinski definition) is 3. The van der Waals surface area contributed by atoms with Crippen LogP contribution in [0.4, 0.5) is 13.6 Å². The van der Waals surface area contributed by atoms with Gasteiger partial charge in [0.1, 0.15) is 6.04 Å². The number of carbonyl (C=O) groups excluding carboxylic acids is 2. The van der Waals surface area contributed by atoms with Gasteiger partial charge in [-0.2, -0.15) is 0 Å². The Morgan fingerprint density at radius 2 is 2.00 bits per heavy atom. The Hall–Kier alpha value is -2.02. The normalized spacial score (nSPS) is 11.8. The maximum Gasteiger partial charge on any atom is 0.321 e. The number of amides is 3. The molecule has 0 unspecified atom stereocenters. The molecule has 4 N–H and O–H groups in total. The first-order valence-electron chi connectivity index (χ1n) is 6.30. The minimum absolute atomic E-state index is 0.0112. The van der Waals surface area contributed by atoms with Crippen LogP contribution in [0, 0.1) is 11.6 Å². The Kier molecular flexibility index (Phi) is 6.05. The zero-order chi connectivity index (χ0) is 15.1. The Balaban J connectivity index is 2.46. The van der Waals surface area contributed by atoms with Crippen LogP contribution in [0.2, 0.25) is 0 Å². The molecule has 0 heterocycles. The van der Waals surface area contributed by atoms with Gasteiger partial charge in [0.05, 0.1) is 0 Å². The van der Waals surface area contributed by atoms with Crippen molar-refractivity contribution in [1.29, 1.82) is 0 Å². The molecule has 0 saturated carbocycles. The van der Waals surface area contributed by atoms with E-state index in [0.717, 1.165) is 12.1 Å². The molecule has 1 aromatic rings. The molecule has 0 spiro atoms. The Labute approximate surface area is 115 Å². The summed E-state index contributed by atoms with van der Waals surface area (Å²) in [5.74, 6) is -2.28. The van der Waals surface area contributed by atoms with Crippen molar-refractivity contribution in [3.8, 4) is 0 Å². The van der Waals surface area contributed by atoms with Gasteiger partial charge >= 0.3 is 6.03 Å². The first-order chi connectivity index (χ1) is 9.43. The molecular formula is C13H18F2N3O2+. The molecule has 0 fully saturated rings. The molecule has 5 nitrogen and oxygen atoms in total. The molecule has 0 saturated heterocycles. The van der Waals surface area contributed by atoms with E-state index in [0.29, 0.717) is 12.1 Å². The second kappa shape index (κ2) is 7.54. The van der Waals surface area contributed by atoms with Crippen LogP contribution in [0.25, 0.3) is 0 Å². The molecule has 0 bridgehead atoms. The first-order valence-corrected chi connectivity index (χ1v) is 6.30. The van der Waals surface area contributed by atoms with Crippen molar-refractivity contribution in [2.75, 3.05) is 13.1 Å². The van der Waals surface area contributed by atoms with Crippen molar-refractivity contribution in [2.45, 2.75) is 19.9 Å². The van der Waals surface area contributed by atoms with Crippen LogP contribution in [-0.2, 0) is 4.79 Å². The summed E-state index contributed by atoms with van der Waals surface area (Å²) < 4.78 is 25.9. The third-order valence-electron chi connectivity index (χ3n) is 2.72. The van der Waals surface area contributed by atoms with Crippen molar-refractivity contribution < 1.29 is 23.7 Å². The number of imide groups is 1. The molecule has 20 heavy (non-hydrogen) atoms. The fourth-order valence-corrected chi connectivity index (χ4v) is 1.60. The Bertz CT molecular complexity index is 495. The van der Waals surface area contributed by atoms with E-state index in [1.54, 1.807) is 19.2 Å². The van der Waals surface area contributed by atoms with Crippen molar-refractivity contribution in [3.63, 3.8) is 0 Å². The summed E-state index contributed by atoms with van der Waals surface area (Å²) in [7, 11) is 0. The van der Waals surface area contributed by atoms with E-state index >= 15 is 0 Å². The number of halogens is 2. The molecule has 1 aromatic carbocycles. The van der Waals surface area contributed by atoms with Gasteiger partial charge in [0, 0.05) is 12.1 Å². The fraction of sp³-hybridized carbons (Fsp3) is 0.385. The zero-order valence-corrected chi connectivity index (χ0v) is 11.4. The van der Waals surface area contributed by atoms with E-state index in [9.17, 15) is 18.4 Å². The summed E-state index contributed by atoms with van der Waals surface area (Å²) in [6.45, 7) is 3.93. The van der Waals surface area contributed by atoms with Crippen molar-refractivity contribution in [3.05, 3.63) is 35.4 Å². The van der Waals surface area contributed by atoms with Crippen LogP contribution in [-0.4, -0.2) is 25.0 Å². The van der Waals surface area contributed by atoms with Crippen LogP contribution in [0.5, 0.6) is 0 Å². The molecule has 0 aliphatic rings. The second-order valence-corrected chi connectivity index (χ2v) is 4.31. The summed E-state index contributed by atoms with van der Waals surface area (Å²) in [5, 5.41) is 6.21. The lowest BCUT2D eigenvalue weighted by molar-refractivity contribution is -0.682. The van der Waals surface area contributed by atoms with E-state index in [-0.39, 0.29) is 12.6 Å². The number of nitrogens with one attached hydrogen (secondary N) is 2. The topological polar surface area (TPSA) is 74.8 Å². The third-order valence-corrected chi connectivity index (χ3v) is 2.72. The van der Waals surface area contributed by atoms with E-state index in [1.165, 1.54) is 6.07 Å². The van der Waals surface area contributed by atoms with Crippen molar-refractivity contribution in [1.82, 2.24) is 10.6 Å². The lowest BCUT2D eigenvalue weighted by Gasteiger charge is -2.11. The molecule has 0 radical (unpaired) electrons. The molecule has 1 atom stereocenters. The maximum atomic E-state index is 13.1. The van der Waals surface area contributed by atoms with Crippen LogP contribution in [0.3, 0.4) is 0 Å². The number of benzene rings is 1. The summed E-state index contributed by atoms with van der Waals surface area (Å²) in [6.07, 6.45) is 0. The van der Waals surface area contributed by atoms with Gasteiger partial charge in [0.15, 0.2) is 18.2 Å². The first kappa shape index (κ1) is 16.0. The van der Waals surface area contributed by atoms with Crippen LogP contribution >= 0.6 is 0 Å². The molecule has 7 heteroatoms. The average Bonchev–Trinajstić information content (AvgIpc) is 2.39. The summed E-state index contributed by atoms with van der Waals surface area (Å²) in [4.78, 5) is 22.5. The van der Waals surface area contributed by atoms with E-state index in [4.69, 9.17) is 0 Å². The molecule has 3 amide bonds. The average molecular weight is 286 g/mol. The largest absolute Gasteiger partial charge is 0.338 e. The van der Waals surface area contributed by atoms with Crippen LogP contribution in [0.1, 0.15) is 25.5 Å². The van der Waals surface area contributed by atoms with Gasteiger partial charge in [-0.25, -0.2) is 13.6 Å². The lowest BCUT2D eigenvalue weighted by atomic mass is 10.1. The highest BCUT2D eigenvalue weighted by Crippen LogP contribution is 2.12. The van der Waals surface area contributed by atoms with Gasteiger partial charge in [-0.15, -0.1) is 0 Å². The summed E-state index contributed by atoms with van der Waals surface area (Å²) in [6, 6.07) is 2.82. The summed E-state index contributed by atoms with van der Waals surface area (Å²) in [5.41, 5.74) is 0.565. The van der Waals surface area contributed by atoms with Gasteiger partial charge in [-0.1, -0.05) is 0 Å². The second-order valence-electron chi connectivity index (χ2n) is 4.31. The quantitative estimate of drug-likeness (QED) is 0.734. The smallest absolute Gasteiger partial charge is 0.321 e. The van der Waals surface area contributed by atoms with Gasteiger partial charge in [0.2, 0.25) is 0 Å². The molecule has 0 aliphatic heterocycles. The summed E-state index contributed by atoms with van der Waals surface area (Å²) >= 11 is 0. The number of nitrogens with two attached hydrogens (primary N) is 1. The lowest BCUT2D eigenvalue weighted by Crippen LogP contribution is -2.87. The highest BCUT2D eigenvalue weighted by molar-refractivity contribution is 5.94. The third kappa shape index (κ3) is 4.93. The Morgan fingerprint density at radius 1 is 1.30 bits per heavy atom. The molecule has 0 aliphatic carbocycles. The number of urea groups is 1. The highest BCUT2D eigenvalue weighted by atomic mass is 19.2. The molecular weight excluding hydrogens is 268 g/mol. The van der Waals surface area contributed by atoms with E-state index < -0.39 is 23.6 Å². The number of rotatable bonds is 5. The van der Waals surface area contributed by atoms with Crippen molar-refractivity contribution >= 4 is 11.9 Å². The Morgan fingerprint density at radius 3 is 2.60 bits per heavy atom. The number of quaternary nitrogens is 1.